The number of anilines is 1. The standard InChI is InChI=1S/C20H19ClN2O2S3/c21-16-8-10-19(11-9-16)28(24,25)14-12-23(15-18-7-4-13-27-18)20(26)22-17-5-2-1-3-6-17/h1-11,13H,12,14-15H2,(H,22,26). The molecule has 0 aliphatic rings. The van der Waals surface area contributed by atoms with E-state index in [1.54, 1.807) is 23.5 Å². The highest BCUT2D eigenvalue weighted by Gasteiger charge is 2.19. The molecule has 2 aromatic carbocycles. The molecule has 0 amide bonds. The molecule has 3 aromatic rings. The predicted octanol–water partition coefficient (Wildman–Crippen LogP) is 5.07. The molecule has 1 heterocycles. The van der Waals surface area contributed by atoms with Crippen LogP contribution in [0.3, 0.4) is 0 Å². The molecule has 1 N–H and O–H groups in total. The number of hydrogen-bond acceptors (Lipinski definition) is 4. The van der Waals surface area contributed by atoms with E-state index in [4.69, 9.17) is 23.8 Å². The summed E-state index contributed by atoms with van der Waals surface area (Å²) < 4.78 is 25.4. The Morgan fingerprint density at radius 3 is 2.39 bits per heavy atom. The van der Waals surface area contributed by atoms with Crippen molar-refractivity contribution in [3.8, 4) is 0 Å². The maximum Gasteiger partial charge on any atom is 0.180 e. The maximum atomic E-state index is 12.7. The molecule has 0 saturated carbocycles. The van der Waals surface area contributed by atoms with E-state index in [9.17, 15) is 8.42 Å². The highest BCUT2D eigenvalue weighted by atomic mass is 35.5. The van der Waals surface area contributed by atoms with Gasteiger partial charge < -0.3 is 10.2 Å². The lowest BCUT2D eigenvalue weighted by Crippen LogP contribution is -2.37. The van der Waals surface area contributed by atoms with Gasteiger partial charge in [0.1, 0.15) is 0 Å². The first-order chi connectivity index (χ1) is 13.4. The first kappa shape index (κ1) is 20.8. The van der Waals surface area contributed by atoms with E-state index in [1.165, 1.54) is 12.1 Å². The van der Waals surface area contributed by atoms with Crippen molar-refractivity contribution in [2.24, 2.45) is 0 Å². The molecule has 146 valence electrons. The smallest absolute Gasteiger partial charge is 0.180 e. The largest absolute Gasteiger partial charge is 0.343 e. The molecule has 0 radical (unpaired) electrons. The van der Waals surface area contributed by atoms with Crippen molar-refractivity contribution in [3.63, 3.8) is 0 Å². The first-order valence-corrected chi connectivity index (χ1v) is 11.9. The molecule has 0 bridgehead atoms. The second-order valence-corrected chi connectivity index (χ2v) is 10.0. The minimum absolute atomic E-state index is 0.0450. The molecule has 0 aliphatic heterocycles. The van der Waals surface area contributed by atoms with Gasteiger partial charge in [-0.25, -0.2) is 8.42 Å². The Morgan fingerprint density at radius 2 is 1.75 bits per heavy atom. The Balaban J connectivity index is 1.73. The maximum absolute atomic E-state index is 12.7. The Hall–Kier alpha value is -1.93. The van der Waals surface area contributed by atoms with Crippen LogP contribution < -0.4 is 5.32 Å². The lowest BCUT2D eigenvalue weighted by atomic mass is 10.3. The number of nitrogens with zero attached hydrogens (tertiary/aromatic N) is 1. The molecule has 8 heteroatoms. The minimum Gasteiger partial charge on any atom is -0.343 e. The summed E-state index contributed by atoms with van der Waals surface area (Å²) >= 11 is 13.0. The molecule has 0 fully saturated rings. The van der Waals surface area contributed by atoms with Gasteiger partial charge in [-0.15, -0.1) is 11.3 Å². The number of para-hydroxylation sites is 1. The number of halogens is 1. The molecule has 0 saturated heterocycles. The van der Waals surface area contributed by atoms with Crippen molar-refractivity contribution in [1.82, 2.24) is 4.90 Å². The third-order valence-corrected chi connectivity index (χ3v) is 7.23. The lowest BCUT2D eigenvalue weighted by molar-refractivity contribution is 0.444. The second kappa shape index (κ2) is 9.52. The predicted molar refractivity (Wildman–Crippen MR) is 121 cm³/mol. The number of sulfone groups is 1. The van der Waals surface area contributed by atoms with Crippen molar-refractivity contribution in [1.29, 1.82) is 0 Å². The van der Waals surface area contributed by atoms with E-state index in [0.717, 1.165) is 10.6 Å². The van der Waals surface area contributed by atoms with Gasteiger partial charge in [0.15, 0.2) is 14.9 Å². The summed E-state index contributed by atoms with van der Waals surface area (Å²) in [6, 6.07) is 19.8. The Kier molecular flexibility index (Phi) is 7.07. The number of nitrogens with one attached hydrogen (secondary N) is 1. The van der Waals surface area contributed by atoms with Gasteiger partial charge in [0.2, 0.25) is 0 Å². The SMILES string of the molecule is O=S(=O)(CCN(Cc1cccs1)C(=S)Nc1ccccc1)c1ccc(Cl)cc1. The van der Waals surface area contributed by atoms with Crippen LogP contribution in [0.5, 0.6) is 0 Å². The zero-order chi connectivity index (χ0) is 20.0. The van der Waals surface area contributed by atoms with Gasteiger partial charge in [0, 0.05) is 22.1 Å². The van der Waals surface area contributed by atoms with Crippen molar-refractivity contribution < 1.29 is 8.42 Å². The number of thiophene rings is 1. The van der Waals surface area contributed by atoms with Gasteiger partial charge in [-0.2, -0.15) is 0 Å². The van der Waals surface area contributed by atoms with Crippen LogP contribution >= 0.6 is 35.2 Å². The molecule has 0 aliphatic carbocycles. The summed E-state index contributed by atoms with van der Waals surface area (Å²) in [4.78, 5) is 3.25. The third-order valence-electron chi connectivity index (χ3n) is 4.04. The Labute approximate surface area is 179 Å². The number of benzene rings is 2. The average molecular weight is 451 g/mol. The highest BCUT2D eigenvalue weighted by molar-refractivity contribution is 7.91. The molecular weight excluding hydrogens is 432 g/mol. The van der Waals surface area contributed by atoms with Crippen molar-refractivity contribution in [2.75, 3.05) is 17.6 Å². The first-order valence-electron chi connectivity index (χ1n) is 8.56. The molecule has 28 heavy (non-hydrogen) atoms. The number of thiocarbonyl (C=S) groups is 1. The third kappa shape index (κ3) is 5.78. The number of hydrogen-bond donors (Lipinski definition) is 1. The van der Waals surface area contributed by atoms with Crippen molar-refractivity contribution in [2.45, 2.75) is 11.4 Å². The minimum atomic E-state index is -3.44. The van der Waals surface area contributed by atoms with E-state index in [1.807, 2.05) is 52.7 Å². The molecule has 0 spiro atoms. The van der Waals surface area contributed by atoms with E-state index >= 15 is 0 Å². The summed E-state index contributed by atoms with van der Waals surface area (Å²) in [7, 11) is -3.44. The van der Waals surface area contributed by atoms with E-state index < -0.39 is 9.84 Å². The number of rotatable bonds is 7. The van der Waals surface area contributed by atoms with Crippen molar-refractivity contribution in [3.05, 3.63) is 82.0 Å². The topological polar surface area (TPSA) is 49.4 Å². The molecule has 4 nitrogen and oxygen atoms in total. The van der Waals surface area contributed by atoms with Gasteiger partial charge in [-0.3, -0.25) is 0 Å². The van der Waals surface area contributed by atoms with E-state index in [0.29, 0.717) is 16.7 Å². The molecule has 1 aromatic heterocycles. The quantitative estimate of drug-likeness (QED) is 0.509. The van der Waals surface area contributed by atoms with Crippen LogP contribution in [0.25, 0.3) is 0 Å². The van der Waals surface area contributed by atoms with Crippen LogP contribution in [0.15, 0.2) is 77.0 Å². The monoisotopic (exact) mass is 450 g/mol. The van der Waals surface area contributed by atoms with Gasteiger partial charge in [-0.1, -0.05) is 35.9 Å². The summed E-state index contributed by atoms with van der Waals surface area (Å²) in [5.74, 6) is -0.0450. The van der Waals surface area contributed by atoms with Crippen molar-refractivity contribution >= 4 is 55.8 Å². The van der Waals surface area contributed by atoms with Crippen LogP contribution in [-0.4, -0.2) is 30.7 Å². The fourth-order valence-corrected chi connectivity index (χ4v) is 4.92. The molecular formula is C20H19ClN2O2S3. The van der Waals surface area contributed by atoms with Crippen LogP contribution in [0, 0.1) is 0 Å². The van der Waals surface area contributed by atoms with Crippen LogP contribution in [0.4, 0.5) is 5.69 Å². The summed E-state index contributed by atoms with van der Waals surface area (Å²) in [5.41, 5.74) is 0.865. The van der Waals surface area contributed by atoms with E-state index in [2.05, 4.69) is 5.32 Å². The molecule has 0 unspecified atom stereocenters. The summed E-state index contributed by atoms with van der Waals surface area (Å²) in [5, 5.41) is 6.18. The fraction of sp³-hybridized carbons (Fsp3) is 0.150. The highest BCUT2D eigenvalue weighted by Crippen LogP contribution is 2.18. The second-order valence-electron chi connectivity index (χ2n) is 6.07. The van der Waals surface area contributed by atoms with Gasteiger partial charge >= 0.3 is 0 Å². The average Bonchev–Trinajstić information content (AvgIpc) is 3.19. The van der Waals surface area contributed by atoms with Gasteiger partial charge in [-0.05, 0) is 60.1 Å². The summed E-state index contributed by atoms with van der Waals surface area (Å²) in [6.07, 6.45) is 0. The Morgan fingerprint density at radius 1 is 1.04 bits per heavy atom. The Bertz CT molecular complexity index is 1010. The van der Waals surface area contributed by atoms with E-state index in [-0.39, 0.29) is 17.2 Å². The van der Waals surface area contributed by atoms with Gasteiger partial charge in [0.25, 0.3) is 0 Å². The zero-order valence-corrected chi connectivity index (χ0v) is 18.1. The zero-order valence-electron chi connectivity index (χ0n) is 14.9. The summed E-state index contributed by atoms with van der Waals surface area (Å²) in [6.45, 7) is 0.827. The lowest BCUT2D eigenvalue weighted by Gasteiger charge is -2.25. The van der Waals surface area contributed by atoms with Crippen LogP contribution in [0.1, 0.15) is 4.88 Å². The van der Waals surface area contributed by atoms with Gasteiger partial charge in [0.05, 0.1) is 17.2 Å². The molecule has 3 rings (SSSR count). The van der Waals surface area contributed by atoms with Crippen LogP contribution in [0.2, 0.25) is 5.02 Å². The van der Waals surface area contributed by atoms with Crippen LogP contribution in [-0.2, 0) is 16.4 Å². The fourth-order valence-electron chi connectivity index (χ4n) is 2.56. The normalized spacial score (nSPS) is 11.2. The molecule has 0 atom stereocenters.